The van der Waals surface area contributed by atoms with Gasteiger partial charge in [-0.1, -0.05) is 0 Å². The van der Waals surface area contributed by atoms with Crippen molar-refractivity contribution in [3.63, 3.8) is 0 Å². The number of nitrogens with zero attached hydrogens (tertiary/aromatic N) is 4. The Hall–Kier alpha value is -3.53. The number of amides is 2. The molecule has 2 aliphatic carbocycles. The summed E-state index contributed by atoms with van der Waals surface area (Å²) in [7, 11) is 3.67. The highest BCUT2D eigenvalue weighted by atomic mass is 32.1. The maximum Gasteiger partial charge on any atom is 0.407 e. The van der Waals surface area contributed by atoms with Crippen molar-refractivity contribution in [3.05, 3.63) is 34.7 Å². The van der Waals surface area contributed by atoms with E-state index in [9.17, 15) is 9.59 Å². The topological polar surface area (TPSA) is 90.6 Å². The number of piperidine rings is 1. The fraction of sp³-hybridized carbons (Fsp3) is 0.545. The van der Waals surface area contributed by atoms with Gasteiger partial charge in [-0.3, -0.25) is 4.79 Å². The van der Waals surface area contributed by atoms with Crippen LogP contribution in [0.2, 0.25) is 0 Å². The average molecular weight is 604 g/mol. The number of imidazole rings is 1. The Labute approximate surface area is 256 Å². The number of aryl methyl sites for hydroxylation is 1. The molecule has 9 nitrogen and oxygen atoms in total. The predicted molar refractivity (Wildman–Crippen MR) is 169 cm³/mol. The normalized spacial score (nSPS) is 19.3. The molecule has 4 aromatic rings. The minimum atomic E-state index is -0.573. The zero-order valence-corrected chi connectivity index (χ0v) is 26.6. The summed E-state index contributed by atoms with van der Waals surface area (Å²) in [6, 6.07) is 8.23. The number of fused-ring (bicyclic) bond motifs is 2. The van der Waals surface area contributed by atoms with E-state index in [1.165, 1.54) is 40.8 Å². The van der Waals surface area contributed by atoms with Crippen molar-refractivity contribution in [1.29, 1.82) is 0 Å². The fourth-order valence-corrected chi connectivity index (χ4v) is 7.64. The molecule has 3 aromatic heterocycles. The van der Waals surface area contributed by atoms with Gasteiger partial charge >= 0.3 is 6.09 Å². The summed E-state index contributed by atoms with van der Waals surface area (Å²) >= 11 is 1.95. The van der Waals surface area contributed by atoms with Crippen molar-refractivity contribution in [2.45, 2.75) is 83.4 Å². The van der Waals surface area contributed by atoms with E-state index in [1.807, 2.05) is 56.2 Å². The molecule has 7 rings (SSSR count). The predicted octanol–water partition coefficient (Wildman–Crippen LogP) is 6.68. The highest BCUT2D eigenvalue weighted by Crippen LogP contribution is 2.47. The van der Waals surface area contributed by atoms with Crippen molar-refractivity contribution in [2.24, 2.45) is 13.0 Å². The molecule has 228 valence electrons. The number of carbonyl (C=O) groups excluding carboxylic acids is 2. The molecule has 1 N–H and O–H groups in total. The third-order valence-electron chi connectivity index (χ3n) is 8.76. The fourth-order valence-electron chi connectivity index (χ4n) is 6.31. The number of hydrogen-bond acceptors (Lipinski definition) is 6. The summed E-state index contributed by atoms with van der Waals surface area (Å²) in [6.07, 6.45) is 6.33. The molecule has 0 radical (unpaired) electrons. The first-order chi connectivity index (χ1) is 20.6. The van der Waals surface area contributed by atoms with E-state index in [4.69, 9.17) is 14.5 Å². The number of thiophene rings is 1. The third kappa shape index (κ3) is 5.61. The van der Waals surface area contributed by atoms with Crippen molar-refractivity contribution < 1.29 is 19.1 Å². The van der Waals surface area contributed by atoms with Gasteiger partial charge in [0.1, 0.15) is 21.7 Å². The van der Waals surface area contributed by atoms with E-state index < -0.39 is 11.7 Å². The van der Waals surface area contributed by atoms with E-state index in [-0.39, 0.29) is 11.9 Å². The number of rotatable bonds is 7. The number of alkyl carbamates (subject to hydrolysis) is 1. The molecule has 0 unspecified atom stereocenters. The number of ether oxygens (including phenoxy) is 2. The summed E-state index contributed by atoms with van der Waals surface area (Å²) in [5.41, 5.74) is 2.70. The number of hydrogen-bond donors (Lipinski definition) is 1. The molecule has 0 bridgehead atoms. The Bertz CT molecular complexity index is 1720. The Morgan fingerprint density at radius 3 is 2.58 bits per heavy atom. The second-order valence-corrected chi connectivity index (χ2v) is 14.6. The molecule has 2 saturated carbocycles. The standard InChI is InChI=1S/C33H41N5O4S/c1-33(2,3)42-32(40)34-23-7-6-12-37(18-23)30(39)21-13-24-28(26(15-21)41-5)36(4)29(35-24)25-14-22-16-27(20-10-11-20)43-31(22)38(25)17-19-8-9-19/h13-16,19-20,23H,6-12,17-18H2,1-5H3,(H,34,40)/t23-/m1/s1. The second kappa shape index (κ2) is 10.6. The number of likely N-dealkylation sites (tertiary alicyclic amines) is 1. The van der Waals surface area contributed by atoms with E-state index in [2.05, 4.69) is 26.6 Å². The van der Waals surface area contributed by atoms with Gasteiger partial charge in [0.05, 0.1) is 18.3 Å². The number of nitrogens with one attached hydrogen (secondary N) is 1. The molecule has 10 heteroatoms. The van der Waals surface area contributed by atoms with E-state index in [0.717, 1.165) is 53.8 Å². The minimum Gasteiger partial charge on any atom is -0.494 e. The largest absolute Gasteiger partial charge is 0.494 e. The first kappa shape index (κ1) is 28.3. The Balaban J connectivity index is 1.19. The van der Waals surface area contributed by atoms with Crippen LogP contribution in [-0.4, -0.2) is 62.9 Å². The van der Waals surface area contributed by atoms with Crippen LogP contribution in [0.15, 0.2) is 24.3 Å². The van der Waals surface area contributed by atoms with Gasteiger partial charge in [-0.25, -0.2) is 9.78 Å². The molecule has 3 aliphatic rings. The van der Waals surface area contributed by atoms with Crippen LogP contribution in [0.3, 0.4) is 0 Å². The maximum absolute atomic E-state index is 13.8. The van der Waals surface area contributed by atoms with E-state index in [0.29, 0.717) is 24.4 Å². The minimum absolute atomic E-state index is 0.0895. The number of aromatic nitrogens is 3. The SMILES string of the molecule is COc1cc(C(=O)N2CCC[C@@H](NC(=O)OC(C)(C)C)C2)cc2nc(-c3cc4cc(C5CC5)sc4n3CC3CC3)n(C)c12. The highest BCUT2D eigenvalue weighted by Gasteiger charge is 2.31. The van der Waals surface area contributed by atoms with E-state index >= 15 is 0 Å². The third-order valence-corrected chi connectivity index (χ3v) is 10.1. The number of methoxy groups -OCH3 is 1. The van der Waals surface area contributed by atoms with Crippen LogP contribution in [0.25, 0.3) is 32.8 Å². The van der Waals surface area contributed by atoms with Crippen LogP contribution in [0.1, 0.15) is 80.4 Å². The Morgan fingerprint density at radius 1 is 1.09 bits per heavy atom. The van der Waals surface area contributed by atoms with Crippen LogP contribution in [0, 0.1) is 5.92 Å². The lowest BCUT2D eigenvalue weighted by Crippen LogP contribution is -2.50. The summed E-state index contributed by atoms with van der Waals surface area (Å²) < 4.78 is 15.9. The summed E-state index contributed by atoms with van der Waals surface area (Å²) in [6.45, 7) is 7.60. The number of benzene rings is 1. The molecule has 4 heterocycles. The monoisotopic (exact) mass is 603 g/mol. The van der Waals surface area contributed by atoms with Crippen LogP contribution < -0.4 is 10.1 Å². The number of carbonyl (C=O) groups is 2. The molecule has 1 atom stereocenters. The molecule has 43 heavy (non-hydrogen) atoms. The van der Waals surface area contributed by atoms with Crippen molar-refractivity contribution in [3.8, 4) is 17.3 Å². The molecule has 1 aromatic carbocycles. The van der Waals surface area contributed by atoms with Gasteiger partial charge < -0.3 is 28.8 Å². The molecule has 2 amide bonds. The van der Waals surface area contributed by atoms with Crippen LogP contribution >= 0.6 is 11.3 Å². The van der Waals surface area contributed by atoms with Gasteiger partial charge in [-0.2, -0.15) is 0 Å². The zero-order chi connectivity index (χ0) is 30.0. The highest BCUT2D eigenvalue weighted by molar-refractivity contribution is 7.18. The van der Waals surface area contributed by atoms with Gasteiger partial charge in [-0.05, 0) is 95.4 Å². The molecule has 3 fully saturated rings. The first-order valence-electron chi connectivity index (χ1n) is 15.5. The summed E-state index contributed by atoms with van der Waals surface area (Å²) in [5.74, 6) is 2.89. The van der Waals surface area contributed by atoms with Gasteiger partial charge in [-0.15, -0.1) is 11.3 Å². The molecule has 1 aliphatic heterocycles. The molecular formula is C33H41N5O4S. The summed E-state index contributed by atoms with van der Waals surface area (Å²) in [5, 5.41) is 4.24. The Kier molecular flexibility index (Phi) is 6.95. The van der Waals surface area contributed by atoms with Crippen molar-refractivity contribution in [2.75, 3.05) is 20.2 Å². The van der Waals surface area contributed by atoms with Crippen LogP contribution in [0.4, 0.5) is 4.79 Å². The lowest BCUT2D eigenvalue weighted by molar-refractivity contribution is 0.0452. The van der Waals surface area contributed by atoms with Gasteiger partial charge in [0.25, 0.3) is 5.91 Å². The smallest absolute Gasteiger partial charge is 0.407 e. The lowest BCUT2D eigenvalue weighted by Gasteiger charge is -2.33. The average Bonchev–Trinajstić information content (AvgIpc) is 3.87. The van der Waals surface area contributed by atoms with Gasteiger partial charge in [0.2, 0.25) is 0 Å². The summed E-state index contributed by atoms with van der Waals surface area (Å²) in [4.78, 5) is 35.9. The van der Waals surface area contributed by atoms with Gasteiger partial charge in [0, 0.05) is 48.6 Å². The van der Waals surface area contributed by atoms with Crippen LogP contribution in [-0.2, 0) is 18.3 Å². The molecule has 1 saturated heterocycles. The van der Waals surface area contributed by atoms with Crippen molar-refractivity contribution >= 4 is 44.6 Å². The molecule has 0 spiro atoms. The zero-order valence-electron chi connectivity index (χ0n) is 25.7. The second-order valence-electron chi connectivity index (χ2n) is 13.5. The Morgan fingerprint density at radius 2 is 1.88 bits per heavy atom. The molecular weight excluding hydrogens is 562 g/mol. The first-order valence-corrected chi connectivity index (χ1v) is 16.4. The lowest BCUT2D eigenvalue weighted by atomic mass is 10.0. The quantitative estimate of drug-likeness (QED) is 0.254. The van der Waals surface area contributed by atoms with Crippen molar-refractivity contribution in [1.82, 2.24) is 24.3 Å². The van der Waals surface area contributed by atoms with Gasteiger partial charge in [0.15, 0.2) is 5.82 Å². The van der Waals surface area contributed by atoms with Crippen LogP contribution in [0.5, 0.6) is 5.75 Å². The van der Waals surface area contributed by atoms with E-state index in [1.54, 1.807) is 7.11 Å². The maximum atomic E-state index is 13.8.